The Labute approximate surface area is 229 Å². The molecule has 2 aromatic rings. The van der Waals surface area contributed by atoms with Crippen LogP contribution in [0.4, 0.5) is 5.13 Å². The molecular weight excluding hydrogens is 587 g/mol. The van der Waals surface area contributed by atoms with Gasteiger partial charge in [-0.1, -0.05) is 28.3 Å². The summed E-state index contributed by atoms with van der Waals surface area (Å²) < 4.78 is 5.50. The minimum atomic E-state index is -1.22. The van der Waals surface area contributed by atoms with Gasteiger partial charge in [-0.15, -0.1) is 33.3 Å². The monoisotopic (exact) mass is 603 g/mol. The minimum Gasteiger partial charge on any atom is -0.477 e. The highest BCUT2D eigenvalue weighted by Gasteiger charge is 2.54. The number of carboxylic acid groups (broad SMARTS) is 1. The maximum Gasteiger partial charge on any atom is 0.352 e. The molecule has 3 amide bonds. The number of rotatable bonds is 13. The Morgan fingerprint density at radius 1 is 1.41 bits per heavy atom. The van der Waals surface area contributed by atoms with Crippen LogP contribution in [-0.2, 0) is 28.2 Å². The van der Waals surface area contributed by atoms with Crippen LogP contribution in [0.2, 0.25) is 0 Å². The van der Waals surface area contributed by atoms with Crippen molar-refractivity contribution in [3.05, 3.63) is 27.9 Å². The van der Waals surface area contributed by atoms with E-state index < -0.39 is 29.2 Å². The summed E-state index contributed by atoms with van der Waals surface area (Å²) in [5, 5.41) is 27.5. The van der Waals surface area contributed by atoms with Gasteiger partial charge in [0, 0.05) is 28.9 Å². The first-order valence-electron chi connectivity index (χ1n) is 10.1. The van der Waals surface area contributed by atoms with Crippen LogP contribution in [0.3, 0.4) is 0 Å². The second-order valence-corrected chi connectivity index (χ2v) is 11.7. The number of nitrogens with one attached hydrogen (secondary N) is 2. The summed E-state index contributed by atoms with van der Waals surface area (Å²) in [6.07, 6.45) is 0.446. The molecule has 2 atom stereocenters. The first-order chi connectivity index (χ1) is 17.9. The van der Waals surface area contributed by atoms with Gasteiger partial charge in [-0.2, -0.15) is 0 Å². The number of carbonyl (C=O) groups excluding carboxylic acids is 3. The van der Waals surface area contributed by atoms with E-state index in [0.29, 0.717) is 27.8 Å². The van der Waals surface area contributed by atoms with Gasteiger partial charge in [-0.25, -0.2) is 9.78 Å². The lowest BCUT2D eigenvalue weighted by molar-refractivity contribution is -0.150. The van der Waals surface area contributed by atoms with E-state index in [1.54, 1.807) is 5.51 Å². The van der Waals surface area contributed by atoms with Crippen molar-refractivity contribution in [2.45, 2.75) is 15.8 Å². The summed E-state index contributed by atoms with van der Waals surface area (Å²) >= 11 is 6.04. The number of nitrogens with zero attached hydrogens (tertiary/aromatic N) is 5. The Morgan fingerprint density at radius 3 is 2.95 bits per heavy atom. The molecule has 1 fully saturated rings. The predicted octanol–water partition coefficient (Wildman–Crippen LogP) is 1.07. The van der Waals surface area contributed by atoms with Gasteiger partial charge in [0.1, 0.15) is 28.3 Å². The fourth-order valence-corrected chi connectivity index (χ4v) is 7.06. The van der Waals surface area contributed by atoms with Gasteiger partial charge in [-0.3, -0.25) is 19.3 Å². The van der Waals surface area contributed by atoms with Gasteiger partial charge in [0.2, 0.25) is 6.41 Å². The number of aromatic nitrogens is 3. The van der Waals surface area contributed by atoms with Crippen molar-refractivity contribution < 1.29 is 33.3 Å². The van der Waals surface area contributed by atoms with Crippen molar-refractivity contribution in [3.63, 3.8) is 0 Å². The van der Waals surface area contributed by atoms with Gasteiger partial charge in [0.05, 0.1) is 7.11 Å². The fraction of sp³-hybridized carbons (Fsp3) is 0.333. The summed E-state index contributed by atoms with van der Waals surface area (Å²) in [6.45, 7) is 0. The van der Waals surface area contributed by atoms with Crippen molar-refractivity contribution in [2.24, 2.45) is 5.16 Å². The van der Waals surface area contributed by atoms with E-state index in [-0.39, 0.29) is 28.2 Å². The van der Waals surface area contributed by atoms with E-state index in [2.05, 4.69) is 31.0 Å². The van der Waals surface area contributed by atoms with Crippen molar-refractivity contribution in [1.82, 2.24) is 25.4 Å². The van der Waals surface area contributed by atoms with Crippen LogP contribution in [0.1, 0.15) is 5.69 Å². The Morgan fingerprint density at radius 2 is 2.24 bits per heavy atom. The largest absolute Gasteiger partial charge is 0.477 e. The van der Waals surface area contributed by atoms with E-state index >= 15 is 0 Å². The average molecular weight is 604 g/mol. The highest BCUT2D eigenvalue weighted by Crippen LogP contribution is 2.41. The van der Waals surface area contributed by atoms with Crippen molar-refractivity contribution >= 4 is 93.3 Å². The third-order valence-electron chi connectivity index (χ3n) is 4.77. The van der Waals surface area contributed by atoms with E-state index in [9.17, 15) is 24.3 Å². The van der Waals surface area contributed by atoms with Crippen LogP contribution in [0.15, 0.2) is 31.7 Å². The lowest BCUT2D eigenvalue weighted by Crippen LogP contribution is -2.71. The minimum absolute atomic E-state index is 0.0178. The maximum atomic E-state index is 13.1. The highest BCUT2D eigenvalue weighted by atomic mass is 32.2. The van der Waals surface area contributed by atoms with Crippen LogP contribution < -0.4 is 10.6 Å². The molecule has 0 spiro atoms. The maximum absolute atomic E-state index is 13.1. The lowest BCUT2D eigenvalue weighted by Gasteiger charge is -2.49. The Hall–Kier alpha value is -2.71. The van der Waals surface area contributed by atoms with Gasteiger partial charge < -0.3 is 24.8 Å². The summed E-state index contributed by atoms with van der Waals surface area (Å²) in [5.41, 5.74) is 1.97. The number of carbonyl (C=O) groups is 4. The molecule has 1 unspecified atom stereocenters. The number of hydrogen-bond acceptors (Lipinski definition) is 15. The summed E-state index contributed by atoms with van der Waals surface area (Å²) in [6, 6.07) is -0.978. The molecule has 2 aromatic heterocycles. The second-order valence-electron chi connectivity index (χ2n) is 6.88. The zero-order valence-electron chi connectivity index (χ0n) is 18.7. The summed E-state index contributed by atoms with van der Waals surface area (Å²) in [4.78, 5) is 59.3. The molecule has 2 aliphatic heterocycles. The summed E-state index contributed by atoms with van der Waals surface area (Å²) in [7, 11) is 1.44. The molecule has 0 bridgehead atoms. The molecule has 4 heterocycles. The summed E-state index contributed by atoms with van der Waals surface area (Å²) in [5.74, 6) is -1.85. The number of fused-ring (bicyclic) bond motifs is 1. The smallest absolute Gasteiger partial charge is 0.352 e. The number of carboxylic acids is 1. The highest BCUT2D eigenvalue weighted by molar-refractivity contribution is 8.01. The molecule has 37 heavy (non-hydrogen) atoms. The molecule has 196 valence electrons. The number of aliphatic carboxylic acids is 1. The number of thiazole rings is 1. The van der Waals surface area contributed by atoms with E-state index in [4.69, 9.17) is 9.02 Å². The molecule has 19 heteroatoms. The molecule has 0 saturated carbocycles. The normalized spacial score (nSPS) is 19.2. The standard InChI is InChI=1S/C18H17N7O7S5/c1-31-37-7-32-24-10(9-4-34-17(21-9)19-5-26)13(27)22-11-14(28)25-12(16(29)30)8(2-33-15(11)25)3-35-18-23-20-6-36-18/h4-6,11,15H,2-3,7H2,1H3,(H,22,27)(H,29,30)(H,19,21,26)/t11?,15-/m0/s1. The van der Waals surface area contributed by atoms with Gasteiger partial charge in [0.15, 0.2) is 21.1 Å². The molecule has 1 saturated heterocycles. The van der Waals surface area contributed by atoms with Crippen LogP contribution in [0.25, 0.3) is 0 Å². The topological polar surface area (TPSA) is 185 Å². The molecule has 0 aromatic carbocycles. The third kappa shape index (κ3) is 6.24. The van der Waals surface area contributed by atoms with Gasteiger partial charge >= 0.3 is 5.97 Å². The molecule has 14 nitrogen and oxygen atoms in total. The lowest BCUT2D eigenvalue weighted by atomic mass is 10.0. The third-order valence-corrected chi connectivity index (χ3v) is 9.26. The van der Waals surface area contributed by atoms with Gasteiger partial charge in [0.25, 0.3) is 11.8 Å². The molecule has 4 rings (SSSR count). The van der Waals surface area contributed by atoms with Crippen LogP contribution in [0, 0.1) is 0 Å². The predicted molar refractivity (Wildman–Crippen MR) is 139 cm³/mol. The van der Waals surface area contributed by atoms with Crippen molar-refractivity contribution in [1.29, 1.82) is 0 Å². The first-order valence-corrected chi connectivity index (χ1v) is 14.8. The Kier molecular flexibility index (Phi) is 9.38. The molecule has 2 aliphatic rings. The van der Waals surface area contributed by atoms with E-state index in [1.807, 2.05) is 0 Å². The van der Waals surface area contributed by atoms with E-state index in [1.165, 1.54) is 52.3 Å². The Bertz CT molecular complexity index is 1240. The van der Waals surface area contributed by atoms with Crippen LogP contribution >= 0.6 is 58.2 Å². The number of amides is 3. The second kappa shape index (κ2) is 12.7. The first kappa shape index (κ1) is 27.3. The molecule has 0 aliphatic carbocycles. The quantitative estimate of drug-likeness (QED) is 0.0432. The van der Waals surface area contributed by atoms with E-state index in [0.717, 1.165) is 23.4 Å². The van der Waals surface area contributed by atoms with Crippen molar-refractivity contribution in [3.8, 4) is 0 Å². The molecule has 3 N–H and O–H groups in total. The number of hydrogen-bond donors (Lipinski definition) is 3. The Balaban J connectivity index is 1.48. The zero-order valence-corrected chi connectivity index (χ0v) is 22.8. The van der Waals surface area contributed by atoms with Gasteiger partial charge in [-0.05, 0) is 5.57 Å². The number of β-lactam (4-membered cyclic amide) rings is 1. The van der Waals surface area contributed by atoms with Crippen LogP contribution in [0.5, 0.6) is 0 Å². The number of thioether (sulfide) groups is 2. The molecular formula is C18H17N7O7S5. The zero-order chi connectivity index (χ0) is 26.4. The average Bonchev–Trinajstić information content (AvgIpc) is 3.58. The van der Waals surface area contributed by atoms with Crippen LogP contribution in [-0.4, -0.2) is 91.1 Å². The molecule has 0 radical (unpaired) electrons. The number of anilines is 1. The number of oxime groups is 1. The van der Waals surface area contributed by atoms with Crippen molar-refractivity contribution in [2.75, 3.05) is 29.9 Å². The SMILES string of the molecule is COSCON=C(C(=O)NC1C(=O)N2C(C(=O)O)=C(CSc3nncs3)CS[C@@H]12)c1csc(NC=O)n1. The fourth-order valence-electron chi connectivity index (χ4n) is 3.24.